The van der Waals surface area contributed by atoms with E-state index in [4.69, 9.17) is 4.74 Å². The predicted molar refractivity (Wildman–Crippen MR) is 105 cm³/mol. The summed E-state index contributed by atoms with van der Waals surface area (Å²) in [7, 11) is 2.13. The molecule has 0 unspecified atom stereocenters. The van der Waals surface area contributed by atoms with Gasteiger partial charge in [0.25, 0.3) is 0 Å². The van der Waals surface area contributed by atoms with Crippen molar-refractivity contribution >= 4 is 17.7 Å². The Morgan fingerprint density at radius 2 is 2.15 bits per heavy atom. The van der Waals surface area contributed by atoms with Crippen LogP contribution in [0.25, 0.3) is 6.08 Å². The molecule has 4 nitrogen and oxygen atoms in total. The lowest BCUT2D eigenvalue weighted by Gasteiger charge is -2.27. The number of carbonyl (C=O) groups excluding carboxylic acids is 1. The first-order valence-corrected chi connectivity index (χ1v) is 9.23. The summed E-state index contributed by atoms with van der Waals surface area (Å²) >= 11 is 0. The number of nitrogens with zero attached hydrogens (tertiary/aromatic N) is 1. The van der Waals surface area contributed by atoms with E-state index in [-0.39, 0.29) is 12.0 Å². The Balaban J connectivity index is 1.31. The Hall–Kier alpha value is -2.75. The van der Waals surface area contributed by atoms with Gasteiger partial charge in [0.2, 0.25) is 5.91 Å². The molecular formula is C22H24N2O2. The minimum atomic E-state index is -0.0839. The molecule has 1 N–H and O–H groups in total. The summed E-state index contributed by atoms with van der Waals surface area (Å²) in [6.07, 6.45) is 6.64. The Kier molecular flexibility index (Phi) is 4.65. The maximum Gasteiger partial charge on any atom is 0.244 e. The monoisotopic (exact) mass is 348 g/mol. The quantitative estimate of drug-likeness (QED) is 0.863. The molecule has 0 bridgehead atoms. The van der Waals surface area contributed by atoms with Crippen molar-refractivity contribution in [2.45, 2.75) is 25.4 Å². The van der Waals surface area contributed by atoms with Gasteiger partial charge < -0.3 is 15.0 Å². The zero-order chi connectivity index (χ0) is 17.9. The largest absolute Gasteiger partial charge is 0.488 e. The van der Waals surface area contributed by atoms with Gasteiger partial charge in [-0.3, -0.25) is 4.79 Å². The van der Waals surface area contributed by atoms with Crippen LogP contribution >= 0.6 is 0 Å². The molecule has 2 aromatic rings. The molecule has 0 saturated heterocycles. The third-order valence-electron chi connectivity index (χ3n) is 5.10. The lowest BCUT2D eigenvalue weighted by atomic mass is 9.99. The first-order chi connectivity index (χ1) is 12.7. The van der Waals surface area contributed by atoms with Gasteiger partial charge in [0, 0.05) is 31.8 Å². The number of benzene rings is 2. The maximum absolute atomic E-state index is 12.1. The molecule has 1 atom stereocenters. The predicted octanol–water partition coefficient (Wildman–Crippen LogP) is 3.20. The average molecular weight is 348 g/mol. The molecule has 134 valence electrons. The van der Waals surface area contributed by atoms with Crippen LogP contribution in [-0.2, 0) is 17.6 Å². The lowest BCUT2D eigenvalue weighted by molar-refractivity contribution is -0.116. The van der Waals surface area contributed by atoms with Crippen molar-refractivity contribution in [1.82, 2.24) is 5.32 Å². The SMILES string of the molecule is CN1CCCc2cc(/C=C\C(=O)NC[C@H]3Cc4ccccc4O3)ccc21. The van der Waals surface area contributed by atoms with Crippen LogP contribution in [-0.4, -0.2) is 32.1 Å². The standard InChI is InChI=1S/C22H24N2O2/c1-24-12-4-6-17-13-16(8-10-20(17)24)9-11-22(25)23-15-19-14-18-5-2-3-7-21(18)26-19/h2-3,5,7-11,13,19H,4,6,12,14-15H2,1H3,(H,23,25)/b11-9-/t19-/m1/s1. The molecule has 1 amide bonds. The van der Waals surface area contributed by atoms with Gasteiger partial charge >= 0.3 is 0 Å². The third kappa shape index (κ3) is 3.59. The van der Waals surface area contributed by atoms with Crippen molar-refractivity contribution < 1.29 is 9.53 Å². The second-order valence-corrected chi connectivity index (χ2v) is 7.04. The highest BCUT2D eigenvalue weighted by molar-refractivity contribution is 5.91. The van der Waals surface area contributed by atoms with Crippen LogP contribution < -0.4 is 15.0 Å². The molecule has 2 heterocycles. The number of carbonyl (C=O) groups is 1. The van der Waals surface area contributed by atoms with E-state index in [1.807, 2.05) is 24.3 Å². The Labute approximate surface area is 154 Å². The number of anilines is 1. The first kappa shape index (κ1) is 16.7. The van der Waals surface area contributed by atoms with Gasteiger partial charge in [0.15, 0.2) is 0 Å². The number of nitrogens with one attached hydrogen (secondary N) is 1. The number of aryl methyl sites for hydroxylation is 1. The van der Waals surface area contributed by atoms with E-state index in [1.165, 1.54) is 23.2 Å². The molecule has 4 rings (SSSR count). The summed E-state index contributed by atoms with van der Waals surface area (Å²) in [5.41, 5.74) is 4.94. The Morgan fingerprint density at radius 3 is 3.04 bits per heavy atom. The number of hydrogen-bond donors (Lipinski definition) is 1. The summed E-state index contributed by atoms with van der Waals surface area (Å²) in [6.45, 7) is 1.63. The smallest absolute Gasteiger partial charge is 0.244 e. The zero-order valence-corrected chi connectivity index (χ0v) is 15.1. The van der Waals surface area contributed by atoms with Crippen molar-refractivity contribution in [2.75, 3.05) is 25.0 Å². The minimum absolute atomic E-state index is 0.0176. The van der Waals surface area contributed by atoms with Crippen LogP contribution in [0.3, 0.4) is 0 Å². The van der Waals surface area contributed by atoms with Crippen LogP contribution in [0, 0.1) is 0 Å². The molecule has 0 spiro atoms. The number of ether oxygens (including phenoxy) is 1. The van der Waals surface area contributed by atoms with Gasteiger partial charge in [0.05, 0.1) is 6.54 Å². The fraction of sp³-hybridized carbons (Fsp3) is 0.318. The normalized spacial score (nSPS) is 18.3. The summed E-state index contributed by atoms with van der Waals surface area (Å²) < 4.78 is 5.85. The summed E-state index contributed by atoms with van der Waals surface area (Å²) in [5.74, 6) is 0.848. The van der Waals surface area contributed by atoms with E-state index in [2.05, 4.69) is 41.5 Å². The van der Waals surface area contributed by atoms with Gasteiger partial charge in [-0.2, -0.15) is 0 Å². The van der Waals surface area contributed by atoms with Crippen molar-refractivity contribution in [2.24, 2.45) is 0 Å². The fourth-order valence-corrected chi connectivity index (χ4v) is 3.72. The Bertz CT molecular complexity index is 819. The molecular weight excluding hydrogens is 324 g/mol. The number of para-hydroxylation sites is 1. The van der Waals surface area contributed by atoms with Gasteiger partial charge in [-0.1, -0.05) is 24.3 Å². The molecule has 0 saturated carbocycles. The highest BCUT2D eigenvalue weighted by Gasteiger charge is 2.22. The van der Waals surface area contributed by atoms with E-state index in [0.717, 1.165) is 30.7 Å². The topological polar surface area (TPSA) is 41.6 Å². The molecule has 2 aromatic carbocycles. The van der Waals surface area contributed by atoms with Crippen molar-refractivity contribution in [3.05, 3.63) is 65.2 Å². The minimum Gasteiger partial charge on any atom is -0.488 e. The van der Waals surface area contributed by atoms with Crippen LogP contribution in [0.4, 0.5) is 5.69 Å². The molecule has 26 heavy (non-hydrogen) atoms. The van der Waals surface area contributed by atoms with Crippen molar-refractivity contribution in [1.29, 1.82) is 0 Å². The van der Waals surface area contributed by atoms with Gasteiger partial charge in [0.1, 0.15) is 11.9 Å². The van der Waals surface area contributed by atoms with Crippen LogP contribution in [0.15, 0.2) is 48.5 Å². The second kappa shape index (κ2) is 7.24. The van der Waals surface area contributed by atoms with Gasteiger partial charge in [-0.25, -0.2) is 0 Å². The Morgan fingerprint density at radius 1 is 1.27 bits per heavy atom. The van der Waals surface area contributed by atoms with Crippen molar-refractivity contribution in [3.63, 3.8) is 0 Å². The number of amides is 1. The lowest BCUT2D eigenvalue weighted by Crippen LogP contribution is -2.33. The van der Waals surface area contributed by atoms with E-state index >= 15 is 0 Å². The maximum atomic E-state index is 12.1. The highest BCUT2D eigenvalue weighted by atomic mass is 16.5. The summed E-state index contributed by atoms with van der Waals surface area (Å²) in [4.78, 5) is 14.4. The number of fused-ring (bicyclic) bond motifs is 2. The molecule has 2 aliphatic rings. The van der Waals surface area contributed by atoms with Crippen LogP contribution in [0.2, 0.25) is 0 Å². The zero-order valence-electron chi connectivity index (χ0n) is 15.1. The van der Waals surface area contributed by atoms with E-state index in [1.54, 1.807) is 6.08 Å². The average Bonchev–Trinajstić information content (AvgIpc) is 3.08. The van der Waals surface area contributed by atoms with Crippen LogP contribution in [0.5, 0.6) is 5.75 Å². The summed E-state index contributed by atoms with van der Waals surface area (Å²) in [6, 6.07) is 14.4. The molecule has 2 aliphatic heterocycles. The molecule has 0 fully saturated rings. The first-order valence-electron chi connectivity index (χ1n) is 9.23. The van der Waals surface area contributed by atoms with Crippen LogP contribution in [0.1, 0.15) is 23.1 Å². The van der Waals surface area contributed by atoms with E-state index < -0.39 is 0 Å². The molecule has 0 aliphatic carbocycles. The summed E-state index contributed by atoms with van der Waals surface area (Å²) in [5, 5.41) is 2.94. The van der Waals surface area contributed by atoms with Gasteiger partial charge in [-0.05, 0) is 53.8 Å². The van der Waals surface area contributed by atoms with E-state index in [9.17, 15) is 4.79 Å². The highest BCUT2D eigenvalue weighted by Crippen LogP contribution is 2.28. The second-order valence-electron chi connectivity index (χ2n) is 7.04. The van der Waals surface area contributed by atoms with Gasteiger partial charge in [-0.15, -0.1) is 0 Å². The van der Waals surface area contributed by atoms with Crippen molar-refractivity contribution in [3.8, 4) is 5.75 Å². The van der Waals surface area contributed by atoms with E-state index in [0.29, 0.717) is 6.54 Å². The fourth-order valence-electron chi connectivity index (χ4n) is 3.72. The number of hydrogen-bond acceptors (Lipinski definition) is 3. The number of rotatable bonds is 4. The molecule has 0 aromatic heterocycles. The third-order valence-corrected chi connectivity index (χ3v) is 5.10. The molecule has 4 heteroatoms. The molecule has 0 radical (unpaired) electrons.